The predicted molar refractivity (Wildman–Crippen MR) is 129 cm³/mol. The van der Waals surface area contributed by atoms with Crippen molar-refractivity contribution in [1.29, 1.82) is 0 Å². The molecule has 0 heterocycles. The number of ether oxygens (including phenoxy) is 2. The van der Waals surface area contributed by atoms with Crippen LogP contribution in [0, 0.1) is 0 Å². The Hall–Kier alpha value is -1.62. The van der Waals surface area contributed by atoms with Gasteiger partial charge in [-0.05, 0) is 38.5 Å². The number of rotatable bonds is 24. The molecule has 0 saturated carbocycles. The van der Waals surface area contributed by atoms with Crippen molar-refractivity contribution in [3.63, 3.8) is 0 Å². The molecule has 0 spiro atoms. The maximum Gasteiger partial charge on any atom is 0.305 e. The lowest BCUT2D eigenvalue weighted by Crippen LogP contribution is -2.26. The second-order valence-electron chi connectivity index (χ2n) is 8.09. The number of carbonyl (C=O) groups is 2. The molecule has 1 N–H and O–H groups in total. The first kappa shape index (κ1) is 29.4. The van der Waals surface area contributed by atoms with E-state index < -0.39 is 0 Å². The van der Waals surface area contributed by atoms with Gasteiger partial charge in [0.1, 0.15) is 13.2 Å². The molecular formula is C26H47NO4. The molecule has 0 unspecified atom stereocenters. The van der Waals surface area contributed by atoms with Crippen LogP contribution in [0.25, 0.3) is 0 Å². The van der Waals surface area contributed by atoms with E-state index in [9.17, 15) is 9.59 Å². The van der Waals surface area contributed by atoms with Crippen molar-refractivity contribution in [2.24, 2.45) is 0 Å². The Morgan fingerprint density at radius 1 is 0.581 bits per heavy atom. The molecule has 0 saturated heterocycles. The van der Waals surface area contributed by atoms with Gasteiger partial charge in [-0.3, -0.25) is 9.59 Å². The normalized spacial score (nSPS) is 10.6. The average Bonchev–Trinajstić information content (AvgIpc) is 2.76. The van der Waals surface area contributed by atoms with Crippen LogP contribution in [-0.2, 0) is 19.1 Å². The smallest absolute Gasteiger partial charge is 0.305 e. The third-order valence-electron chi connectivity index (χ3n) is 5.16. The van der Waals surface area contributed by atoms with E-state index in [1.807, 2.05) is 12.2 Å². The quantitative estimate of drug-likeness (QED) is 0.109. The highest BCUT2D eigenvalue weighted by molar-refractivity contribution is 5.69. The molecule has 0 bridgehead atoms. The summed E-state index contributed by atoms with van der Waals surface area (Å²) in [5, 5.41) is 3.13. The molecular weight excluding hydrogens is 390 g/mol. The van der Waals surface area contributed by atoms with Gasteiger partial charge in [0.25, 0.3) is 0 Å². The minimum atomic E-state index is -0.124. The topological polar surface area (TPSA) is 64.6 Å². The van der Waals surface area contributed by atoms with Crippen LogP contribution in [0.3, 0.4) is 0 Å². The predicted octanol–water partition coefficient (Wildman–Crippen LogP) is 6.28. The summed E-state index contributed by atoms with van der Waals surface area (Å²) in [6.07, 6.45) is 20.8. The maximum absolute atomic E-state index is 11.7. The number of unbranched alkanes of at least 4 members (excludes halogenated alkanes) is 12. The van der Waals surface area contributed by atoms with Gasteiger partial charge in [0.2, 0.25) is 0 Å². The van der Waals surface area contributed by atoms with Gasteiger partial charge in [0.05, 0.1) is 0 Å². The van der Waals surface area contributed by atoms with Crippen LogP contribution in [-0.4, -0.2) is 38.2 Å². The minimum Gasteiger partial charge on any atom is -0.464 e. The van der Waals surface area contributed by atoms with Gasteiger partial charge in [-0.15, -0.1) is 13.2 Å². The first-order valence-electron chi connectivity index (χ1n) is 12.4. The summed E-state index contributed by atoms with van der Waals surface area (Å²) in [6, 6.07) is 0. The summed E-state index contributed by atoms with van der Waals surface area (Å²) in [5.41, 5.74) is 0. The molecule has 31 heavy (non-hydrogen) atoms. The largest absolute Gasteiger partial charge is 0.464 e. The lowest BCUT2D eigenvalue weighted by molar-refractivity contribution is -0.143. The Morgan fingerprint density at radius 3 is 1.32 bits per heavy atom. The molecule has 0 aromatic rings. The number of hydrogen-bond donors (Lipinski definition) is 1. The fraction of sp³-hybridized carbons (Fsp3) is 0.769. The average molecular weight is 438 g/mol. The molecule has 5 nitrogen and oxygen atoms in total. The van der Waals surface area contributed by atoms with Gasteiger partial charge in [-0.2, -0.15) is 0 Å². The number of nitrogens with one attached hydrogen (secondary N) is 1. The van der Waals surface area contributed by atoms with Crippen molar-refractivity contribution < 1.29 is 19.1 Å². The Morgan fingerprint density at radius 2 is 0.935 bits per heavy atom. The van der Waals surface area contributed by atoms with Gasteiger partial charge in [0, 0.05) is 25.9 Å². The van der Waals surface area contributed by atoms with Gasteiger partial charge >= 0.3 is 11.9 Å². The van der Waals surface area contributed by atoms with E-state index in [1.54, 1.807) is 0 Å². The van der Waals surface area contributed by atoms with Gasteiger partial charge in [-0.25, -0.2) is 0 Å². The van der Waals surface area contributed by atoms with Crippen molar-refractivity contribution in [3.05, 3.63) is 25.3 Å². The first-order valence-corrected chi connectivity index (χ1v) is 12.4. The second kappa shape index (κ2) is 24.6. The lowest BCUT2D eigenvalue weighted by Gasteiger charge is -2.08. The highest BCUT2D eigenvalue weighted by Crippen LogP contribution is 2.10. The summed E-state index contributed by atoms with van der Waals surface area (Å²) in [4.78, 5) is 23.3. The fourth-order valence-electron chi connectivity index (χ4n) is 3.27. The summed E-state index contributed by atoms with van der Waals surface area (Å²) in [7, 11) is 0. The van der Waals surface area contributed by atoms with Crippen molar-refractivity contribution in [2.75, 3.05) is 26.3 Å². The van der Waals surface area contributed by atoms with E-state index in [4.69, 9.17) is 9.47 Å². The molecule has 0 fully saturated rings. The van der Waals surface area contributed by atoms with E-state index in [0.29, 0.717) is 39.1 Å². The van der Waals surface area contributed by atoms with Gasteiger partial charge in [0.15, 0.2) is 0 Å². The number of esters is 2. The monoisotopic (exact) mass is 437 g/mol. The number of allylic oxidation sites excluding steroid dienone is 2. The third kappa shape index (κ3) is 24.5. The molecule has 0 aliphatic heterocycles. The zero-order valence-corrected chi connectivity index (χ0v) is 19.8. The molecule has 0 radical (unpaired) electrons. The Kier molecular flexibility index (Phi) is 23.4. The van der Waals surface area contributed by atoms with E-state index >= 15 is 0 Å². The maximum atomic E-state index is 11.7. The van der Waals surface area contributed by atoms with Crippen molar-refractivity contribution in [2.45, 2.75) is 103 Å². The SMILES string of the molecule is C=CCCCCCCCCC(=O)OCCNCCOC(=O)CCCCCCCCC=C. The molecule has 0 rings (SSSR count). The van der Waals surface area contributed by atoms with Crippen molar-refractivity contribution in [3.8, 4) is 0 Å². The molecule has 180 valence electrons. The first-order chi connectivity index (χ1) is 15.2. The second-order valence-corrected chi connectivity index (χ2v) is 8.09. The summed E-state index contributed by atoms with van der Waals surface area (Å²) < 4.78 is 10.4. The van der Waals surface area contributed by atoms with Crippen LogP contribution in [0.4, 0.5) is 0 Å². The van der Waals surface area contributed by atoms with Crippen LogP contribution >= 0.6 is 0 Å². The molecule has 0 aliphatic rings. The molecule has 0 aromatic carbocycles. The highest BCUT2D eigenvalue weighted by atomic mass is 16.5. The van der Waals surface area contributed by atoms with Gasteiger partial charge < -0.3 is 14.8 Å². The van der Waals surface area contributed by atoms with E-state index in [-0.39, 0.29) is 11.9 Å². The molecule has 0 amide bonds. The van der Waals surface area contributed by atoms with E-state index in [2.05, 4.69) is 18.5 Å². The fourth-order valence-corrected chi connectivity index (χ4v) is 3.27. The Bertz CT molecular complexity index is 411. The molecule has 0 atom stereocenters. The zero-order chi connectivity index (χ0) is 22.8. The molecule has 5 heteroatoms. The zero-order valence-electron chi connectivity index (χ0n) is 19.8. The standard InChI is InChI=1S/C26H47NO4/c1-3-5-7-9-11-13-15-17-19-25(28)30-23-21-27-22-24-31-26(29)20-18-16-14-12-10-8-6-4-2/h3-4,27H,1-2,5-24H2. The van der Waals surface area contributed by atoms with Crippen LogP contribution in [0.1, 0.15) is 103 Å². The third-order valence-corrected chi connectivity index (χ3v) is 5.16. The number of hydrogen-bond acceptors (Lipinski definition) is 5. The summed E-state index contributed by atoms with van der Waals surface area (Å²) >= 11 is 0. The van der Waals surface area contributed by atoms with Crippen LogP contribution in [0.2, 0.25) is 0 Å². The Labute approximate surface area is 191 Å². The highest BCUT2D eigenvalue weighted by Gasteiger charge is 2.04. The van der Waals surface area contributed by atoms with Crippen molar-refractivity contribution >= 4 is 11.9 Å². The van der Waals surface area contributed by atoms with Crippen LogP contribution < -0.4 is 5.32 Å². The minimum absolute atomic E-state index is 0.124. The molecule has 0 aromatic heterocycles. The van der Waals surface area contributed by atoms with Crippen molar-refractivity contribution in [1.82, 2.24) is 5.32 Å². The van der Waals surface area contributed by atoms with Crippen LogP contribution in [0.5, 0.6) is 0 Å². The molecule has 0 aliphatic carbocycles. The number of carbonyl (C=O) groups excluding carboxylic acids is 2. The lowest BCUT2D eigenvalue weighted by atomic mass is 10.1. The van der Waals surface area contributed by atoms with Gasteiger partial charge in [-0.1, -0.05) is 63.5 Å². The summed E-state index contributed by atoms with van der Waals surface area (Å²) in [5.74, 6) is -0.249. The Balaban J connectivity index is 3.28. The van der Waals surface area contributed by atoms with E-state index in [0.717, 1.165) is 38.5 Å². The van der Waals surface area contributed by atoms with Crippen LogP contribution in [0.15, 0.2) is 25.3 Å². The van der Waals surface area contributed by atoms with E-state index in [1.165, 1.54) is 51.4 Å². The summed E-state index contributed by atoms with van der Waals surface area (Å²) in [6.45, 7) is 9.34.